The minimum absolute atomic E-state index is 0.130. The second kappa shape index (κ2) is 6.70. The summed E-state index contributed by atoms with van der Waals surface area (Å²) in [5.41, 5.74) is 6.00. The lowest BCUT2D eigenvalue weighted by Crippen LogP contribution is -2.50. The minimum Gasteiger partial charge on any atom is -0.370 e. The predicted molar refractivity (Wildman–Crippen MR) is 68.1 cm³/mol. The lowest BCUT2D eigenvalue weighted by molar-refractivity contribution is 0.338. The van der Waals surface area contributed by atoms with Crippen LogP contribution in [-0.4, -0.2) is 18.0 Å². The van der Waals surface area contributed by atoms with Crippen LogP contribution in [0.4, 0.5) is 0 Å². The highest BCUT2D eigenvalue weighted by Gasteiger charge is 2.23. The molecule has 0 spiro atoms. The molecule has 15 heavy (non-hydrogen) atoms. The van der Waals surface area contributed by atoms with Crippen LogP contribution in [0.15, 0.2) is 4.99 Å². The molecule has 0 aliphatic rings. The fourth-order valence-corrected chi connectivity index (χ4v) is 1.61. The number of hydrogen-bond donors (Lipinski definition) is 2. The Bertz CT molecular complexity index is 185. The van der Waals surface area contributed by atoms with Crippen molar-refractivity contribution in [1.82, 2.24) is 5.32 Å². The molecule has 0 saturated heterocycles. The lowest BCUT2D eigenvalue weighted by Gasteiger charge is -2.32. The molecule has 0 fully saturated rings. The van der Waals surface area contributed by atoms with Crippen LogP contribution in [0.25, 0.3) is 0 Å². The van der Waals surface area contributed by atoms with Crippen molar-refractivity contribution < 1.29 is 0 Å². The van der Waals surface area contributed by atoms with E-state index in [2.05, 4.69) is 44.9 Å². The maximum atomic E-state index is 5.87. The molecular formula is C12H27N3. The first-order chi connectivity index (χ1) is 6.99. The molecular weight excluding hydrogens is 186 g/mol. The molecule has 3 nitrogen and oxygen atoms in total. The second-order valence-corrected chi connectivity index (χ2v) is 4.59. The smallest absolute Gasteiger partial charge is 0.189 e. The van der Waals surface area contributed by atoms with Crippen molar-refractivity contribution in [2.75, 3.05) is 6.54 Å². The van der Waals surface area contributed by atoms with Crippen LogP contribution < -0.4 is 11.1 Å². The third-order valence-corrected chi connectivity index (χ3v) is 3.05. The zero-order chi connectivity index (χ0) is 11.9. The van der Waals surface area contributed by atoms with Gasteiger partial charge in [-0.2, -0.15) is 0 Å². The molecule has 0 atom stereocenters. The first-order valence-electron chi connectivity index (χ1n) is 6.07. The Morgan fingerprint density at radius 2 is 1.67 bits per heavy atom. The van der Waals surface area contributed by atoms with Gasteiger partial charge >= 0.3 is 0 Å². The SMILES string of the molecule is CCC(CC)(CC)NC(N)=NCC(C)C. The van der Waals surface area contributed by atoms with Gasteiger partial charge in [-0.25, -0.2) is 0 Å². The minimum atomic E-state index is 0.130. The summed E-state index contributed by atoms with van der Waals surface area (Å²) in [6.07, 6.45) is 3.24. The van der Waals surface area contributed by atoms with Gasteiger partial charge in [-0.05, 0) is 25.2 Å². The summed E-state index contributed by atoms with van der Waals surface area (Å²) >= 11 is 0. The van der Waals surface area contributed by atoms with Crippen molar-refractivity contribution in [3.05, 3.63) is 0 Å². The van der Waals surface area contributed by atoms with Gasteiger partial charge in [0.15, 0.2) is 5.96 Å². The van der Waals surface area contributed by atoms with E-state index in [-0.39, 0.29) is 5.54 Å². The molecule has 0 rings (SSSR count). The van der Waals surface area contributed by atoms with Crippen LogP contribution in [-0.2, 0) is 0 Å². The molecule has 0 radical (unpaired) electrons. The fraction of sp³-hybridized carbons (Fsp3) is 0.917. The van der Waals surface area contributed by atoms with Crippen molar-refractivity contribution >= 4 is 5.96 Å². The number of aliphatic imine (C=N–C) groups is 1. The number of nitrogens with two attached hydrogens (primary N) is 1. The molecule has 0 aliphatic carbocycles. The Morgan fingerprint density at radius 3 is 2.00 bits per heavy atom. The predicted octanol–water partition coefficient (Wildman–Crippen LogP) is 2.52. The number of guanidine groups is 1. The van der Waals surface area contributed by atoms with E-state index in [0.717, 1.165) is 25.8 Å². The molecule has 0 aliphatic heterocycles. The molecule has 0 unspecified atom stereocenters. The van der Waals surface area contributed by atoms with Gasteiger partial charge in [0.1, 0.15) is 0 Å². The molecule has 0 aromatic heterocycles. The van der Waals surface area contributed by atoms with E-state index < -0.39 is 0 Å². The van der Waals surface area contributed by atoms with Gasteiger partial charge in [-0.3, -0.25) is 4.99 Å². The summed E-state index contributed by atoms with van der Waals surface area (Å²) in [7, 11) is 0. The first kappa shape index (κ1) is 14.3. The summed E-state index contributed by atoms with van der Waals surface area (Å²) < 4.78 is 0. The van der Waals surface area contributed by atoms with Crippen molar-refractivity contribution in [3.8, 4) is 0 Å². The Labute approximate surface area is 94.5 Å². The number of nitrogens with zero attached hydrogens (tertiary/aromatic N) is 1. The third-order valence-electron chi connectivity index (χ3n) is 3.05. The van der Waals surface area contributed by atoms with Gasteiger partial charge < -0.3 is 11.1 Å². The van der Waals surface area contributed by atoms with E-state index in [4.69, 9.17) is 5.73 Å². The highest BCUT2D eigenvalue weighted by Crippen LogP contribution is 2.18. The summed E-state index contributed by atoms with van der Waals surface area (Å²) in [5.74, 6) is 1.15. The van der Waals surface area contributed by atoms with Crippen LogP contribution in [0, 0.1) is 5.92 Å². The van der Waals surface area contributed by atoms with E-state index >= 15 is 0 Å². The van der Waals surface area contributed by atoms with Crippen molar-refractivity contribution in [1.29, 1.82) is 0 Å². The van der Waals surface area contributed by atoms with Crippen LogP contribution in [0.1, 0.15) is 53.9 Å². The van der Waals surface area contributed by atoms with Crippen LogP contribution in [0.5, 0.6) is 0 Å². The van der Waals surface area contributed by atoms with Crippen molar-refractivity contribution in [2.45, 2.75) is 59.4 Å². The molecule has 90 valence electrons. The summed E-state index contributed by atoms with van der Waals surface area (Å²) in [5, 5.41) is 3.36. The number of rotatable bonds is 6. The largest absolute Gasteiger partial charge is 0.370 e. The second-order valence-electron chi connectivity index (χ2n) is 4.59. The van der Waals surface area contributed by atoms with Gasteiger partial charge in [0, 0.05) is 12.1 Å². The number of nitrogens with one attached hydrogen (secondary N) is 1. The average molecular weight is 213 g/mol. The van der Waals surface area contributed by atoms with E-state index in [1.54, 1.807) is 0 Å². The Balaban J connectivity index is 4.34. The van der Waals surface area contributed by atoms with Crippen LogP contribution >= 0.6 is 0 Å². The highest BCUT2D eigenvalue weighted by molar-refractivity contribution is 5.78. The molecule has 3 heteroatoms. The van der Waals surface area contributed by atoms with E-state index in [1.165, 1.54) is 0 Å². The summed E-state index contributed by atoms with van der Waals surface area (Å²) in [4.78, 5) is 4.34. The zero-order valence-corrected chi connectivity index (χ0v) is 10.9. The number of hydrogen-bond acceptors (Lipinski definition) is 1. The normalized spacial score (nSPS) is 13.3. The summed E-state index contributed by atoms with van der Waals surface area (Å²) in [6.45, 7) is 11.7. The first-order valence-corrected chi connectivity index (χ1v) is 6.07. The van der Waals surface area contributed by atoms with Crippen molar-refractivity contribution in [2.24, 2.45) is 16.6 Å². The van der Waals surface area contributed by atoms with Crippen LogP contribution in [0.3, 0.4) is 0 Å². The Morgan fingerprint density at radius 1 is 1.20 bits per heavy atom. The van der Waals surface area contributed by atoms with Crippen LogP contribution in [0.2, 0.25) is 0 Å². The van der Waals surface area contributed by atoms with E-state index in [1.807, 2.05) is 0 Å². The zero-order valence-electron chi connectivity index (χ0n) is 10.9. The van der Waals surface area contributed by atoms with Gasteiger partial charge in [0.2, 0.25) is 0 Å². The molecule has 0 aromatic rings. The van der Waals surface area contributed by atoms with Gasteiger partial charge in [-0.15, -0.1) is 0 Å². The monoisotopic (exact) mass is 213 g/mol. The molecule has 0 bridgehead atoms. The maximum Gasteiger partial charge on any atom is 0.189 e. The van der Waals surface area contributed by atoms with E-state index in [0.29, 0.717) is 11.9 Å². The molecule has 0 amide bonds. The highest BCUT2D eigenvalue weighted by atomic mass is 15.1. The third kappa shape index (κ3) is 5.05. The lowest BCUT2D eigenvalue weighted by atomic mass is 9.90. The average Bonchev–Trinajstić information content (AvgIpc) is 2.23. The van der Waals surface area contributed by atoms with Crippen molar-refractivity contribution in [3.63, 3.8) is 0 Å². The fourth-order valence-electron chi connectivity index (χ4n) is 1.61. The molecule has 0 heterocycles. The standard InChI is InChI=1S/C12H27N3/c1-6-12(7-2,8-3)15-11(13)14-9-10(4)5/h10H,6-9H2,1-5H3,(H3,13,14,15). The van der Waals surface area contributed by atoms with E-state index in [9.17, 15) is 0 Å². The summed E-state index contributed by atoms with van der Waals surface area (Å²) in [6, 6.07) is 0. The Kier molecular flexibility index (Phi) is 6.37. The quantitative estimate of drug-likeness (QED) is 0.526. The molecule has 0 aromatic carbocycles. The van der Waals surface area contributed by atoms with Gasteiger partial charge in [0.25, 0.3) is 0 Å². The van der Waals surface area contributed by atoms with Gasteiger partial charge in [0.05, 0.1) is 0 Å². The topological polar surface area (TPSA) is 50.4 Å². The molecule has 0 saturated carbocycles. The van der Waals surface area contributed by atoms with Gasteiger partial charge in [-0.1, -0.05) is 34.6 Å². The maximum absolute atomic E-state index is 5.87. The molecule has 3 N–H and O–H groups in total. The Hall–Kier alpha value is -0.730.